The third-order valence-electron chi connectivity index (χ3n) is 4.51. The van der Waals surface area contributed by atoms with E-state index in [2.05, 4.69) is 19.9 Å². The van der Waals surface area contributed by atoms with Gasteiger partial charge in [0.1, 0.15) is 5.65 Å². The van der Waals surface area contributed by atoms with E-state index in [1.807, 2.05) is 25.3 Å². The van der Waals surface area contributed by atoms with Gasteiger partial charge in [0, 0.05) is 42.1 Å². The van der Waals surface area contributed by atoms with Crippen molar-refractivity contribution in [1.82, 2.24) is 24.8 Å². The first-order valence-electron chi connectivity index (χ1n) is 8.63. The number of fused-ring (bicyclic) bond motifs is 1. The maximum atomic E-state index is 12.7. The molecule has 0 radical (unpaired) electrons. The lowest BCUT2D eigenvalue weighted by Gasteiger charge is -2.26. The summed E-state index contributed by atoms with van der Waals surface area (Å²) in [6.45, 7) is 4.34. The van der Waals surface area contributed by atoms with Crippen LogP contribution in [0.2, 0.25) is 0 Å². The lowest BCUT2D eigenvalue weighted by atomic mass is 10.1. The van der Waals surface area contributed by atoms with Crippen molar-refractivity contribution in [3.63, 3.8) is 0 Å². The van der Waals surface area contributed by atoms with Gasteiger partial charge in [0.25, 0.3) is 5.91 Å². The minimum atomic E-state index is -0.0358. The first-order chi connectivity index (χ1) is 12.7. The van der Waals surface area contributed by atoms with Gasteiger partial charge in [-0.15, -0.1) is 0 Å². The van der Waals surface area contributed by atoms with Crippen molar-refractivity contribution in [3.8, 4) is 11.3 Å². The number of rotatable bonds is 3. The van der Waals surface area contributed by atoms with Gasteiger partial charge >= 0.3 is 0 Å². The van der Waals surface area contributed by atoms with Crippen LogP contribution in [0.15, 0.2) is 24.5 Å². The summed E-state index contributed by atoms with van der Waals surface area (Å²) in [5.74, 6) is 0.202. The molecule has 134 valence electrons. The molecule has 1 amide bonds. The molecule has 0 bridgehead atoms. The third kappa shape index (κ3) is 2.99. The van der Waals surface area contributed by atoms with Crippen LogP contribution in [0, 0.1) is 0 Å². The zero-order valence-electron chi connectivity index (χ0n) is 14.5. The van der Waals surface area contributed by atoms with E-state index in [-0.39, 0.29) is 11.9 Å². The normalized spacial score (nSPS) is 14.7. The zero-order valence-corrected chi connectivity index (χ0v) is 14.5. The summed E-state index contributed by atoms with van der Waals surface area (Å²) in [4.78, 5) is 30.6. The number of nitrogen functional groups attached to an aromatic ring is 1. The summed E-state index contributed by atoms with van der Waals surface area (Å²) in [5, 5.41) is 0.837. The first kappa shape index (κ1) is 16.5. The summed E-state index contributed by atoms with van der Waals surface area (Å²) in [6, 6.07) is 3.77. The molecule has 3 aromatic heterocycles. The molecule has 0 atom stereocenters. The molecule has 3 aromatic rings. The van der Waals surface area contributed by atoms with Crippen molar-refractivity contribution in [2.24, 2.45) is 0 Å². The van der Waals surface area contributed by atoms with E-state index in [1.165, 1.54) is 0 Å². The van der Waals surface area contributed by atoms with Crippen molar-refractivity contribution in [2.45, 2.75) is 13.3 Å². The minimum Gasteiger partial charge on any atom is -0.378 e. The van der Waals surface area contributed by atoms with Crippen LogP contribution in [0.3, 0.4) is 0 Å². The van der Waals surface area contributed by atoms with Gasteiger partial charge in [-0.2, -0.15) is 0 Å². The summed E-state index contributed by atoms with van der Waals surface area (Å²) in [5.41, 5.74) is 9.54. The molecule has 1 fully saturated rings. The van der Waals surface area contributed by atoms with Crippen LogP contribution in [0.1, 0.15) is 23.0 Å². The number of amides is 1. The Labute approximate surface area is 150 Å². The maximum absolute atomic E-state index is 12.7. The topological polar surface area (TPSA) is 110 Å². The molecule has 0 unspecified atom stereocenters. The second-order valence-corrected chi connectivity index (χ2v) is 6.18. The molecule has 26 heavy (non-hydrogen) atoms. The van der Waals surface area contributed by atoms with Crippen molar-refractivity contribution in [2.75, 3.05) is 32.0 Å². The number of aromatic amines is 1. The molecular formula is C18H20N6O2. The number of carbonyl (C=O) groups excluding carboxylic acids is 1. The molecule has 0 aliphatic carbocycles. The number of hydrogen-bond acceptors (Lipinski definition) is 6. The van der Waals surface area contributed by atoms with Gasteiger partial charge in [0.2, 0.25) is 5.95 Å². The molecule has 0 aromatic carbocycles. The summed E-state index contributed by atoms with van der Waals surface area (Å²) in [6.07, 6.45) is 4.20. The number of ether oxygens (including phenoxy) is 1. The Hall–Kier alpha value is -3.00. The predicted octanol–water partition coefficient (Wildman–Crippen LogP) is 1.64. The molecule has 3 N–H and O–H groups in total. The molecule has 4 heterocycles. The predicted molar refractivity (Wildman–Crippen MR) is 97.6 cm³/mol. The molecule has 4 rings (SSSR count). The molecule has 8 heteroatoms. The minimum absolute atomic E-state index is 0.0358. The lowest BCUT2D eigenvalue weighted by Crippen LogP contribution is -2.40. The Morgan fingerprint density at radius 3 is 2.88 bits per heavy atom. The summed E-state index contributed by atoms with van der Waals surface area (Å²) >= 11 is 0. The number of aryl methyl sites for hydroxylation is 1. The lowest BCUT2D eigenvalue weighted by molar-refractivity contribution is 0.0303. The molecule has 8 nitrogen and oxygen atoms in total. The fraction of sp³-hybridized carbons (Fsp3) is 0.333. The monoisotopic (exact) mass is 352 g/mol. The number of anilines is 1. The van der Waals surface area contributed by atoms with Crippen LogP contribution in [-0.2, 0) is 11.2 Å². The number of pyridine rings is 1. The quantitative estimate of drug-likeness (QED) is 0.741. The summed E-state index contributed by atoms with van der Waals surface area (Å²) in [7, 11) is 0. The fourth-order valence-corrected chi connectivity index (χ4v) is 3.12. The van der Waals surface area contributed by atoms with Crippen LogP contribution in [0.5, 0.6) is 0 Å². The van der Waals surface area contributed by atoms with Crippen molar-refractivity contribution >= 4 is 22.9 Å². The Morgan fingerprint density at radius 2 is 2.12 bits per heavy atom. The van der Waals surface area contributed by atoms with Gasteiger partial charge < -0.3 is 20.4 Å². The number of aromatic nitrogens is 4. The Balaban J connectivity index is 1.75. The Kier molecular flexibility index (Phi) is 4.26. The molecule has 0 saturated carbocycles. The molecule has 1 aliphatic heterocycles. The van der Waals surface area contributed by atoms with E-state index < -0.39 is 0 Å². The van der Waals surface area contributed by atoms with Gasteiger partial charge in [-0.3, -0.25) is 4.79 Å². The van der Waals surface area contributed by atoms with E-state index in [4.69, 9.17) is 10.5 Å². The fourth-order valence-electron chi connectivity index (χ4n) is 3.12. The van der Waals surface area contributed by atoms with Gasteiger partial charge in [-0.25, -0.2) is 15.0 Å². The largest absolute Gasteiger partial charge is 0.378 e. The highest BCUT2D eigenvalue weighted by Crippen LogP contribution is 2.28. The van der Waals surface area contributed by atoms with Crippen LogP contribution in [0.25, 0.3) is 22.3 Å². The third-order valence-corrected chi connectivity index (χ3v) is 4.51. The van der Waals surface area contributed by atoms with E-state index in [0.717, 1.165) is 28.8 Å². The van der Waals surface area contributed by atoms with Gasteiger partial charge in [0.05, 0.1) is 24.5 Å². The van der Waals surface area contributed by atoms with E-state index in [9.17, 15) is 4.79 Å². The highest BCUT2D eigenvalue weighted by Gasteiger charge is 2.20. The van der Waals surface area contributed by atoms with E-state index >= 15 is 0 Å². The van der Waals surface area contributed by atoms with Crippen molar-refractivity contribution in [3.05, 3.63) is 35.8 Å². The first-order valence-corrected chi connectivity index (χ1v) is 8.63. The van der Waals surface area contributed by atoms with Gasteiger partial charge in [-0.05, 0) is 18.6 Å². The highest BCUT2D eigenvalue weighted by molar-refractivity contribution is 6.00. The average molecular weight is 352 g/mol. The second kappa shape index (κ2) is 6.72. The zero-order chi connectivity index (χ0) is 18.1. The maximum Gasteiger partial charge on any atom is 0.255 e. The average Bonchev–Trinajstić information content (AvgIpc) is 3.10. The van der Waals surface area contributed by atoms with E-state index in [1.54, 1.807) is 11.1 Å². The Bertz CT molecular complexity index is 961. The number of H-pyrrole nitrogens is 1. The van der Waals surface area contributed by atoms with Crippen molar-refractivity contribution < 1.29 is 9.53 Å². The van der Waals surface area contributed by atoms with Crippen molar-refractivity contribution in [1.29, 1.82) is 0 Å². The van der Waals surface area contributed by atoms with Crippen LogP contribution in [-0.4, -0.2) is 57.0 Å². The van der Waals surface area contributed by atoms with Gasteiger partial charge in [0.15, 0.2) is 0 Å². The number of nitrogens with zero attached hydrogens (tertiary/aromatic N) is 4. The Morgan fingerprint density at radius 1 is 1.31 bits per heavy atom. The molecule has 1 aliphatic rings. The summed E-state index contributed by atoms with van der Waals surface area (Å²) < 4.78 is 5.31. The highest BCUT2D eigenvalue weighted by atomic mass is 16.5. The molecule has 1 saturated heterocycles. The van der Waals surface area contributed by atoms with Crippen LogP contribution >= 0.6 is 0 Å². The molecular weight excluding hydrogens is 332 g/mol. The standard InChI is InChI=1S/C18H20N6O2/c1-2-12-8-15(23-18(19)22-12)14-10-21-16-13(14)7-11(9-20-16)17(25)24-3-5-26-6-4-24/h7-10H,2-6H2,1H3,(H,20,21)(H2,19,22,23). The molecule has 0 spiro atoms. The van der Waals surface area contributed by atoms with Crippen LogP contribution in [0.4, 0.5) is 5.95 Å². The number of nitrogens with one attached hydrogen (secondary N) is 1. The number of carbonyl (C=O) groups is 1. The second-order valence-electron chi connectivity index (χ2n) is 6.18. The smallest absolute Gasteiger partial charge is 0.255 e. The van der Waals surface area contributed by atoms with E-state index in [0.29, 0.717) is 37.5 Å². The van der Waals surface area contributed by atoms with Gasteiger partial charge in [-0.1, -0.05) is 6.92 Å². The van der Waals surface area contributed by atoms with Crippen LogP contribution < -0.4 is 5.73 Å². The number of hydrogen-bond donors (Lipinski definition) is 2. The number of morpholine rings is 1. The number of nitrogens with two attached hydrogens (primary N) is 1. The SMILES string of the molecule is CCc1cc(-c2c[nH]c3ncc(C(=O)N4CCOCC4)cc23)nc(N)n1.